The highest BCUT2D eigenvalue weighted by atomic mass is 19.4. The van der Waals surface area contributed by atoms with Gasteiger partial charge in [-0.2, -0.15) is 18.3 Å². The fourth-order valence-corrected chi connectivity index (χ4v) is 4.17. The van der Waals surface area contributed by atoms with E-state index in [0.717, 1.165) is 4.68 Å². The number of aromatic hydroxyl groups is 1. The number of phenols is 1. The quantitative estimate of drug-likeness (QED) is 0.205. The van der Waals surface area contributed by atoms with E-state index in [0.29, 0.717) is 24.1 Å². The first-order valence-electron chi connectivity index (χ1n) is 12.0. The predicted molar refractivity (Wildman–Crippen MR) is 135 cm³/mol. The maximum Gasteiger partial charge on any atom is 0.433 e. The van der Waals surface area contributed by atoms with Gasteiger partial charge < -0.3 is 10.4 Å². The maximum absolute atomic E-state index is 14.3. The topological polar surface area (TPSA) is 80.0 Å². The van der Waals surface area contributed by atoms with E-state index < -0.39 is 29.6 Å². The summed E-state index contributed by atoms with van der Waals surface area (Å²) in [4.78, 5) is 16.6. The zero-order chi connectivity index (χ0) is 27.4. The van der Waals surface area contributed by atoms with Gasteiger partial charge in [-0.25, -0.2) is 4.39 Å². The highest BCUT2D eigenvalue weighted by Crippen LogP contribution is 2.43. The molecule has 10 heteroatoms. The third kappa shape index (κ3) is 5.85. The second-order valence-corrected chi connectivity index (χ2v) is 9.03. The van der Waals surface area contributed by atoms with Crippen LogP contribution in [-0.2, 0) is 12.6 Å². The number of aryl methyl sites for hydroxylation is 1. The molecule has 0 atom stereocenters. The standard InChI is InChI=1S/C28H26F4N4O2/c1-17(2)36-26(28(30,31)32)24(25(35-36)18-9-11-20(29)12-10-18)19-13-15-33-21(16-19)6-5-14-34-27(38)22-7-3-4-8-23(22)37/h3-4,7-13,15-17,37H,5-6,14H2,1-2H3,(H,34,38). The molecule has 2 heterocycles. The molecule has 0 aliphatic heterocycles. The smallest absolute Gasteiger partial charge is 0.433 e. The molecular weight excluding hydrogens is 500 g/mol. The number of aromatic nitrogens is 3. The van der Waals surface area contributed by atoms with E-state index >= 15 is 0 Å². The summed E-state index contributed by atoms with van der Waals surface area (Å²) in [5.74, 6) is -1.06. The molecule has 4 aromatic rings. The number of hydrogen-bond donors (Lipinski definition) is 2. The molecule has 0 saturated carbocycles. The van der Waals surface area contributed by atoms with Gasteiger partial charge in [0, 0.05) is 35.6 Å². The van der Waals surface area contributed by atoms with Crippen molar-refractivity contribution in [1.82, 2.24) is 20.1 Å². The Morgan fingerprint density at radius 1 is 1.05 bits per heavy atom. The number of hydrogen-bond acceptors (Lipinski definition) is 4. The van der Waals surface area contributed by atoms with Gasteiger partial charge in [0.15, 0.2) is 5.69 Å². The minimum atomic E-state index is -4.69. The van der Waals surface area contributed by atoms with E-state index in [4.69, 9.17) is 0 Å². The number of para-hydroxylation sites is 1. The summed E-state index contributed by atoms with van der Waals surface area (Å²) in [6.07, 6.45) is -2.40. The predicted octanol–water partition coefficient (Wildman–Crippen LogP) is 6.42. The van der Waals surface area contributed by atoms with Gasteiger partial charge >= 0.3 is 6.18 Å². The van der Waals surface area contributed by atoms with Crippen molar-refractivity contribution in [3.8, 4) is 28.1 Å². The van der Waals surface area contributed by atoms with E-state index in [1.807, 2.05) is 0 Å². The maximum atomic E-state index is 14.3. The fraction of sp³-hybridized carbons (Fsp3) is 0.250. The molecule has 6 nitrogen and oxygen atoms in total. The van der Waals surface area contributed by atoms with E-state index in [2.05, 4.69) is 15.4 Å². The lowest BCUT2D eigenvalue weighted by Crippen LogP contribution is -2.24. The average Bonchev–Trinajstić information content (AvgIpc) is 3.29. The number of carbonyl (C=O) groups is 1. The van der Waals surface area contributed by atoms with Crippen molar-refractivity contribution in [1.29, 1.82) is 0 Å². The molecule has 38 heavy (non-hydrogen) atoms. The summed E-state index contributed by atoms with van der Waals surface area (Å²) in [6.45, 7) is 3.50. The normalized spacial score (nSPS) is 11.7. The lowest BCUT2D eigenvalue weighted by atomic mass is 9.98. The van der Waals surface area contributed by atoms with Crippen LogP contribution in [0, 0.1) is 5.82 Å². The summed E-state index contributed by atoms with van der Waals surface area (Å²) in [6, 6.07) is 13.8. The van der Waals surface area contributed by atoms with Crippen LogP contribution in [0.3, 0.4) is 0 Å². The van der Waals surface area contributed by atoms with Crippen LogP contribution in [0.4, 0.5) is 17.6 Å². The first kappa shape index (κ1) is 26.8. The van der Waals surface area contributed by atoms with Crippen LogP contribution in [0.25, 0.3) is 22.4 Å². The van der Waals surface area contributed by atoms with Crippen LogP contribution < -0.4 is 5.32 Å². The third-order valence-electron chi connectivity index (χ3n) is 5.93. The van der Waals surface area contributed by atoms with Crippen molar-refractivity contribution in [3.05, 3.63) is 89.6 Å². The fourth-order valence-electron chi connectivity index (χ4n) is 4.17. The van der Waals surface area contributed by atoms with Crippen LogP contribution in [0.5, 0.6) is 5.75 Å². The summed E-state index contributed by atoms with van der Waals surface area (Å²) < 4.78 is 57.5. The Hall–Kier alpha value is -4.21. The molecular formula is C28H26F4N4O2. The molecule has 198 valence electrons. The second-order valence-electron chi connectivity index (χ2n) is 9.03. The number of nitrogens with zero attached hydrogens (tertiary/aromatic N) is 3. The molecule has 4 rings (SSSR count). The highest BCUT2D eigenvalue weighted by molar-refractivity contribution is 5.96. The van der Waals surface area contributed by atoms with Crippen molar-refractivity contribution in [2.45, 2.75) is 38.9 Å². The van der Waals surface area contributed by atoms with Gasteiger partial charge in [-0.1, -0.05) is 12.1 Å². The van der Waals surface area contributed by atoms with Crippen molar-refractivity contribution in [2.24, 2.45) is 0 Å². The molecule has 2 N–H and O–H groups in total. The van der Waals surface area contributed by atoms with Gasteiger partial charge in [-0.05, 0) is 80.8 Å². The van der Waals surface area contributed by atoms with Crippen molar-refractivity contribution < 1.29 is 27.5 Å². The van der Waals surface area contributed by atoms with E-state index in [1.54, 1.807) is 32.0 Å². The monoisotopic (exact) mass is 526 g/mol. The molecule has 2 aromatic carbocycles. The van der Waals surface area contributed by atoms with Gasteiger partial charge in [-0.3, -0.25) is 14.5 Å². The first-order valence-corrected chi connectivity index (χ1v) is 12.0. The van der Waals surface area contributed by atoms with Crippen LogP contribution in [0.1, 0.15) is 48.1 Å². The Labute approximate surface area is 217 Å². The Morgan fingerprint density at radius 3 is 2.42 bits per heavy atom. The van der Waals surface area contributed by atoms with E-state index in [9.17, 15) is 27.5 Å². The molecule has 0 unspecified atom stereocenters. The molecule has 0 spiro atoms. The molecule has 0 aliphatic rings. The van der Waals surface area contributed by atoms with E-state index in [1.165, 1.54) is 48.7 Å². The third-order valence-corrected chi connectivity index (χ3v) is 5.93. The van der Waals surface area contributed by atoms with Gasteiger partial charge in [0.05, 0.1) is 5.56 Å². The molecule has 1 amide bonds. The number of halogens is 4. The van der Waals surface area contributed by atoms with Crippen LogP contribution >= 0.6 is 0 Å². The van der Waals surface area contributed by atoms with Gasteiger partial charge in [0.1, 0.15) is 17.3 Å². The number of phenolic OH excluding ortho intramolecular Hbond substituents is 1. The van der Waals surface area contributed by atoms with Gasteiger partial charge in [0.25, 0.3) is 5.91 Å². The van der Waals surface area contributed by atoms with Crippen molar-refractivity contribution in [2.75, 3.05) is 6.54 Å². The van der Waals surface area contributed by atoms with Crippen molar-refractivity contribution in [3.63, 3.8) is 0 Å². The Balaban J connectivity index is 1.62. The van der Waals surface area contributed by atoms with E-state index in [-0.39, 0.29) is 34.7 Å². The lowest BCUT2D eigenvalue weighted by Gasteiger charge is -2.15. The van der Waals surface area contributed by atoms with Gasteiger partial charge in [0.2, 0.25) is 0 Å². The minimum Gasteiger partial charge on any atom is -0.507 e. The molecule has 0 aliphatic carbocycles. The lowest BCUT2D eigenvalue weighted by molar-refractivity contribution is -0.144. The number of amides is 1. The average molecular weight is 527 g/mol. The number of benzene rings is 2. The zero-order valence-corrected chi connectivity index (χ0v) is 20.8. The summed E-state index contributed by atoms with van der Waals surface area (Å²) in [7, 11) is 0. The van der Waals surface area contributed by atoms with Crippen LogP contribution in [0.2, 0.25) is 0 Å². The van der Waals surface area contributed by atoms with Crippen LogP contribution in [0.15, 0.2) is 66.9 Å². The molecule has 0 bridgehead atoms. The highest BCUT2D eigenvalue weighted by Gasteiger charge is 2.41. The second kappa shape index (κ2) is 11.0. The minimum absolute atomic E-state index is 0.0955. The SMILES string of the molecule is CC(C)n1nc(-c2ccc(F)cc2)c(-c2ccnc(CCCNC(=O)c3ccccc3O)c2)c1C(F)(F)F. The Bertz CT molecular complexity index is 1430. The molecule has 0 saturated heterocycles. The summed E-state index contributed by atoms with van der Waals surface area (Å²) in [5, 5.41) is 16.8. The number of alkyl halides is 3. The van der Waals surface area contributed by atoms with Crippen LogP contribution in [-0.4, -0.2) is 32.3 Å². The molecule has 0 radical (unpaired) electrons. The Morgan fingerprint density at radius 2 is 1.76 bits per heavy atom. The zero-order valence-electron chi connectivity index (χ0n) is 20.8. The molecule has 2 aromatic heterocycles. The molecule has 0 fully saturated rings. The number of carbonyl (C=O) groups excluding carboxylic acids is 1. The van der Waals surface area contributed by atoms with Crippen molar-refractivity contribution >= 4 is 5.91 Å². The number of pyridine rings is 1. The summed E-state index contributed by atoms with van der Waals surface area (Å²) in [5.41, 5.74) is 0.437. The first-order chi connectivity index (χ1) is 18.1. The number of rotatable bonds is 8. The Kier molecular flexibility index (Phi) is 7.80. The van der Waals surface area contributed by atoms with Gasteiger partial charge in [-0.15, -0.1) is 0 Å². The largest absolute Gasteiger partial charge is 0.507 e. The number of nitrogens with one attached hydrogen (secondary N) is 1. The summed E-state index contributed by atoms with van der Waals surface area (Å²) >= 11 is 0.